The fourth-order valence-corrected chi connectivity index (χ4v) is 5.25. The van der Waals surface area contributed by atoms with Crippen molar-refractivity contribution in [3.8, 4) is 0 Å². The zero-order valence-corrected chi connectivity index (χ0v) is 13.1. The Morgan fingerprint density at radius 1 is 1.50 bits per heavy atom. The summed E-state index contributed by atoms with van der Waals surface area (Å²) in [6.07, 6.45) is 0. The van der Waals surface area contributed by atoms with Crippen LogP contribution in [0.2, 0.25) is 0 Å². The predicted octanol–water partition coefficient (Wildman–Crippen LogP) is 3.03. The van der Waals surface area contributed by atoms with Crippen molar-refractivity contribution in [2.75, 3.05) is 11.8 Å². The van der Waals surface area contributed by atoms with Crippen molar-refractivity contribution < 1.29 is 8.42 Å². The molecule has 3 nitrogen and oxygen atoms in total. The first-order chi connectivity index (χ1) is 7.34. The lowest BCUT2D eigenvalue weighted by Gasteiger charge is -2.25. The van der Waals surface area contributed by atoms with Crippen molar-refractivity contribution in [1.82, 2.24) is 4.72 Å². The van der Waals surface area contributed by atoms with Crippen LogP contribution in [0.1, 0.15) is 6.92 Å². The molecule has 0 aliphatic heterocycles. The SMILES string of the molecule is CC(CCl)(CCl)NS(=O)(=O)c1sccc1Br. The average molecular weight is 367 g/mol. The van der Waals surface area contributed by atoms with Crippen molar-refractivity contribution in [3.63, 3.8) is 0 Å². The number of thiophene rings is 1. The van der Waals surface area contributed by atoms with Crippen LogP contribution in [0.4, 0.5) is 0 Å². The monoisotopic (exact) mass is 365 g/mol. The normalized spacial score (nSPS) is 13.0. The molecular weight excluding hydrogens is 357 g/mol. The summed E-state index contributed by atoms with van der Waals surface area (Å²) in [4.78, 5) is 0. The van der Waals surface area contributed by atoms with Crippen LogP contribution < -0.4 is 4.72 Å². The zero-order valence-electron chi connectivity index (χ0n) is 8.34. The van der Waals surface area contributed by atoms with E-state index in [1.807, 2.05) is 0 Å². The third-order valence-electron chi connectivity index (χ3n) is 1.80. The minimum Gasteiger partial charge on any atom is -0.206 e. The van der Waals surface area contributed by atoms with Crippen LogP contribution in [-0.2, 0) is 10.0 Å². The lowest BCUT2D eigenvalue weighted by molar-refractivity contribution is 0.501. The smallest absolute Gasteiger partial charge is 0.206 e. The second-order valence-electron chi connectivity index (χ2n) is 3.49. The molecule has 1 rings (SSSR count). The number of hydrogen-bond acceptors (Lipinski definition) is 3. The number of halogens is 3. The first kappa shape index (κ1) is 14.7. The highest BCUT2D eigenvalue weighted by Crippen LogP contribution is 2.28. The molecule has 0 bridgehead atoms. The molecule has 1 aromatic heterocycles. The van der Waals surface area contributed by atoms with Gasteiger partial charge in [0.15, 0.2) is 0 Å². The molecule has 0 aliphatic carbocycles. The van der Waals surface area contributed by atoms with Gasteiger partial charge >= 0.3 is 0 Å². The number of hydrogen-bond donors (Lipinski definition) is 1. The minimum absolute atomic E-state index is 0.110. The van der Waals surface area contributed by atoms with E-state index in [0.29, 0.717) is 4.47 Å². The van der Waals surface area contributed by atoms with Gasteiger partial charge in [0.1, 0.15) is 4.21 Å². The molecule has 0 saturated heterocycles. The number of alkyl halides is 2. The Labute approximate surface area is 117 Å². The second-order valence-corrected chi connectivity index (χ2v) is 7.67. The van der Waals surface area contributed by atoms with Gasteiger partial charge in [-0.05, 0) is 34.3 Å². The first-order valence-electron chi connectivity index (χ1n) is 4.23. The van der Waals surface area contributed by atoms with E-state index in [1.54, 1.807) is 18.4 Å². The summed E-state index contributed by atoms with van der Waals surface area (Å²) in [6.45, 7) is 1.66. The number of rotatable bonds is 5. The minimum atomic E-state index is -3.58. The fourth-order valence-electron chi connectivity index (χ4n) is 0.933. The lowest BCUT2D eigenvalue weighted by Crippen LogP contribution is -2.48. The molecule has 1 heterocycles. The summed E-state index contributed by atoms with van der Waals surface area (Å²) in [7, 11) is -3.58. The third-order valence-corrected chi connectivity index (χ3v) is 7.29. The van der Waals surface area contributed by atoms with Gasteiger partial charge in [-0.3, -0.25) is 0 Å². The molecule has 16 heavy (non-hydrogen) atoms. The maximum absolute atomic E-state index is 12.0. The van der Waals surface area contributed by atoms with Gasteiger partial charge in [-0.2, -0.15) is 0 Å². The molecule has 1 aromatic rings. The fraction of sp³-hybridized carbons (Fsp3) is 0.500. The van der Waals surface area contributed by atoms with Crippen LogP contribution in [0, 0.1) is 0 Å². The van der Waals surface area contributed by atoms with Gasteiger partial charge in [-0.1, -0.05) is 0 Å². The van der Waals surface area contributed by atoms with Gasteiger partial charge in [0.25, 0.3) is 10.0 Å². The number of sulfonamides is 1. The number of nitrogens with one attached hydrogen (secondary N) is 1. The maximum atomic E-state index is 12.0. The summed E-state index contributed by atoms with van der Waals surface area (Å²) in [5, 5.41) is 1.69. The molecule has 0 fully saturated rings. The maximum Gasteiger partial charge on any atom is 0.251 e. The summed E-state index contributed by atoms with van der Waals surface area (Å²) >= 11 is 15.7. The van der Waals surface area contributed by atoms with Crippen molar-refractivity contribution in [2.45, 2.75) is 16.7 Å². The van der Waals surface area contributed by atoms with Crippen LogP contribution in [0.25, 0.3) is 0 Å². The van der Waals surface area contributed by atoms with E-state index in [2.05, 4.69) is 20.7 Å². The van der Waals surface area contributed by atoms with Crippen molar-refractivity contribution in [2.24, 2.45) is 0 Å². The van der Waals surface area contributed by atoms with Gasteiger partial charge in [-0.15, -0.1) is 34.5 Å². The van der Waals surface area contributed by atoms with Gasteiger partial charge in [0, 0.05) is 16.2 Å². The molecule has 0 unspecified atom stereocenters. The highest BCUT2D eigenvalue weighted by atomic mass is 79.9. The van der Waals surface area contributed by atoms with Crippen LogP contribution in [0.15, 0.2) is 20.1 Å². The Morgan fingerprint density at radius 3 is 2.44 bits per heavy atom. The average Bonchev–Trinajstić information content (AvgIpc) is 2.64. The Hall–Kier alpha value is 0.670. The Bertz CT molecular complexity index is 456. The van der Waals surface area contributed by atoms with Crippen molar-refractivity contribution in [3.05, 3.63) is 15.9 Å². The van der Waals surface area contributed by atoms with Gasteiger partial charge < -0.3 is 0 Å². The van der Waals surface area contributed by atoms with E-state index in [1.165, 1.54) is 0 Å². The Kier molecular flexibility index (Phi) is 5.10. The van der Waals surface area contributed by atoms with Crippen molar-refractivity contribution >= 4 is 60.5 Å². The topological polar surface area (TPSA) is 46.2 Å². The Balaban J connectivity index is 3.02. The molecule has 0 saturated carbocycles. The largest absolute Gasteiger partial charge is 0.251 e. The van der Waals surface area contributed by atoms with Crippen LogP contribution >= 0.6 is 50.5 Å². The highest BCUT2D eigenvalue weighted by molar-refractivity contribution is 9.10. The molecule has 0 spiro atoms. The first-order valence-corrected chi connectivity index (χ1v) is 8.46. The molecule has 0 aromatic carbocycles. The molecule has 8 heteroatoms. The Morgan fingerprint density at radius 2 is 2.06 bits per heavy atom. The van der Waals surface area contributed by atoms with E-state index >= 15 is 0 Å². The predicted molar refractivity (Wildman–Crippen MR) is 72.2 cm³/mol. The summed E-state index contributed by atoms with van der Waals surface area (Å²) < 4.78 is 27.3. The van der Waals surface area contributed by atoms with E-state index in [9.17, 15) is 8.42 Å². The third kappa shape index (κ3) is 3.34. The second kappa shape index (κ2) is 5.54. The molecule has 1 N–H and O–H groups in total. The summed E-state index contributed by atoms with van der Waals surface area (Å²) in [5.74, 6) is 0.220. The zero-order chi connectivity index (χ0) is 12.4. The lowest BCUT2D eigenvalue weighted by atomic mass is 10.1. The quantitative estimate of drug-likeness (QED) is 0.814. The van der Waals surface area contributed by atoms with Crippen LogP contribution in [-0.4, -0.2) is 25.7 Å². The molecule has 0 aliphatic rings. The van der Waals surface area contributed by atoms with E-state index < -0.39 is 15.6 Å². The summed E-state index contributed by atoms with van der Waals surface area (Å²) in [5.41, 5.74) is -0.842. The van der Waals surface area contributed by atoms with E-state index in [-0.39, 0.29) is 16.0 Å². The highest BCUT2D eigenvalue weighted by Gasteiger charge is 2.30. The van der Waals surface area contributed by atoms with Crippen LogP contribution in [0.3, 0.4) is 0 Å². The molecule has 0 radical (unpaired) electrons. The van der Waals surface area contributed by atoms with E-state index in [4.69, 9.17) is 23.2 Å². The standard InChI is InChI=1S/C8H10BrCl2NO2S2/c1-8(4-10,5-11)12-16(13,14)7-6(9)2-3-15-7/h2-3,12H,4-5H2,1H3. The van der Waals surface area contributed by atoms with Gasteiger partial charge in [-0.25, -0.2) is 13.1 Å². The van der Waals surface area contributed by atoms with Gasteiger partial charge in [0.05, 0.1) is 5.54 Å². The molecule has 0 atom stereocenters. The van der Waals surface area contributed by atoms with Crippen LogP contribution in [0.5, 0.6) is 0 Å². The molecule has 92 valence electrons. The summed E-state index contributed by atoms with van der Waals surface area (Å²) in [6, 6.07) is 1.68. The molecular formula is C8H10BrCl2NO2S2. The van der Waals surface area contributed by atoms with E-state index in [0.717, 1.165) is 11.3 Å². The molecule has 0 amide bonds. The van der Waals surface area contributed by atoms with Gasteiger partial charge in [0.2, 0.25) is 0 Å². The van der Waals surface area contributed by atoms with Crippen molar-refractivity contribution in [1.29, 1.82) is 0 Å².